The number of nitrogens with one attached hydrogen (secondary N) is 2. The zero-order valence-corrected chi connectivity index (χ0v) is 15.1. The summed E-state index contributed by atoms with van der Waals surface area (Å²) in [5.74, 6) is 1.64. The van der Waals surface area contributed by atoms with Crippen LogP contribution in [0.4, 0.5) is 0 Å². The third kappa shape index (κ3) is 6.80. The van der Waals surface area contributed by atoms with Crippen molar-refractivity contribution in [2.75, 3.05) is 39.8 Å². The zero-order valence-electron chi connectivity index (χ0n) is 14.3. The summed E-state index contributed by atoms with van der Waals surface area (Å²) in [6, 6.07) is 8.03. The van der Waals surface area contributed by atoms with E-state index < -0.39 is 0 Å². The Morgan fingerprint density at radius 2 is 2.09 bits per heavy atom. The predicted molar refractivity (Wildman–Crippen MR) is 99.4 cm³/mol. The van der Waals surface area contributed by atoms with E-state index in [0.717, 1.165) is 43.0 Å². The smallest absolute Gasteiger partial charge is 0.191 e. The Morgan fingerprint density at radius 1 is 1.30 bits per heavy atom. The van der Waals surface area contributed by atoms with Crippen LogP contribution >= 0.6 is 11.6 Å². The minimum Gasteiger partial charge on any atom is -0.357 e. The van der Waals surface area contributed by atoms with Crippen LogP contribution < -0.4 is 10.6 Å². The Balaban J connectivity index is 1.77. The van der Waals surface area contributed by atoms with E-state index in [1.807, 2.05) is 18.2 Å². The Kier molecular flexibility index (Phi) is 7.69. The van der Waals surface area contributed by atoms with Crippen molar-refractivity contribution in [3.05, 3.63) is 34.9 Å². The van der Waals surface area contributed by atoms with Crippen LogP contribution in [0.15, 0.2) is 29.3 Å². The molecule has 1 aliphatic heterocycles. The molecule has 2 N–H and O–H groups in total. The molecule has 0 aliphatic carbocycles. The maximum Gasteiger partial charge on any atom is 0.191 e. The van der Waals surface area contributed by atoms with Crippen LogP contribution in [0.2, 0.25) is 5.02 Å². The number of piperidine rings is 1. The van der Waals surface area contributed by atoms with Gasteiger partial charge in [0, 0.05) is 24.7 Å². The Morgan fingerprint density at radius 3 is 2.78 bits per heavy atom. The van der Waals surface area contributed by atoms with Crippen molar-refractivity contribution in [2.24, 2.45) is 10.9 Å². The summed E-state index contributed by atoms with van der Waals surface area (Å²) in [5, 5.41) is 7.55. The third-order valence-electron chi connectivity index (χ3n) is 4.29. The average Bonchev–Trinajstić information content (AvgIpc) is 2.54. The van der Waals surface area contributed by atoms with E-state index >= 15 is 0 Å². The first-order valence-electron chi connectivity index (χ1n) is 8.62. The highest BCUT2D eigenvalue weighted by Gasteiger charge is 2.16. The van der Waals surface area contributed by atoms with Crippen molar-refractivity contribution in [3.63, 3.8) is 0 Å². The Labute approximate surface area is 145 Å². The maximum absolute atomic E-state index is 6.02. The topological polar surface area (TPSA) is 39.7 Å². The Hall–Kier alpha value is -1.26. The van der Waals surface area contributed by atoms with E-state index in [0.29, 0.717) is 0 Å². The minimum atomic E-state index is 0.717. The Bertz CT molecular complexity index is 496. The van der Waals surface area contributed by atoms with Crippen LogP contribution in [-0.2, 0) is 6.42 Å². The highest BCUT2D eigenvalue weighted by Crippen LogP contribution is 2.16. The van der Waals surface area contributed by atoms with E-state index in [1.165, 1.54) is 31.5 Å². The van der Waals surface area contributed by atoms with Gasteiger partial charge in [0.15, 0.2) is 5.96 Å². The van der Waals surface area contributed by atoms with Crippen LogP contribution in [0.3, 0.4) is 0 Å². The summed E-state index contributed by atoms with van der Waals surface area (Å²) < 4.78 is 0. The number of likely N-dealkylation sites (tertiary alicyclic amines) is 1. The number of hydrogen-bond acceptors (Lipinski definition) is 2. The van der Waals surface area contributed by atoms with Crippen molar-refractivity contribution in [1.82, 2.24) is 15.5 Å². The van der Waals surface area contributed by atoms with Crippen LogP contribution in [0.25, 0.3) is 0 Å². The zero-order chi connectivity index (χ0) is 16.5. The minimum absolute atomic E-state index is 0.717. The number of halogens is 1. The SMILES string of the molecule is CCNC(=NCC1CCN(C)CC1)NCCc1cccc(Cl)c1. The molecule has 2 rings (SSSR count). The molecular weight excluding hydrogens is 308 g/mol. The predicted octanol–water partition coefficient (Wildman–Crippen LogP) is 2.78. The van der Waals surface area contributed by atoms with Gasteiger partial charge in [0.25, 0.3) is 0 Å². The van der Waals surface area contributed by atoms with Crippen LogP contribution in [0.5, 0.6) is 0 Å². The van der Waals surface area contributed by atoms with Crippen LogP contribution in [0, 0.1) is 5.92 Å². The van der Waals surface area contributed by atoms with Gasteiger partial charge in [0.1, 0.15) is 0 Å². The fraction of sp³-hybridized carbons (Fsp3) is 0.611. The van der Waals surface area contributed by atoms with Gasteiger partial charge in [-0.15, -0.1) is 0 Å². The van der Waals surface area contributed by atoms with Gasteiger partial charge in [-0.1, -0.05) is 23.7 Å². The highest BCUT2D eigenvalue weighted by atomic mass is 35.5. The summed E-state index contributed by atoms with van der Waals surface area (Å²) in [5.41, 5.74) is 1.25. The van der Waals surface area contributed by atoms with E-state index in [1.54, 1.807) is 0 Å². The number of guanidine groups is 1. The molecule has 1 aromatic rings. The van der Waals surface area contributed by atoms with Gasteiger partial charge in [-0.3, -0.25) is 4.99 Å². The molecule has 0 aromatic heterocycles. The van der Waals surface area contributed by atoms with Gasteiger partial charge in [-0.05, 0) is 69.9 Å². The molecule has 0 unspecified atom stereocenters. The molecule has 1 fully saturated rings. The first kappa shape index (κ1) is 18.1. The first-order valence-corrected chi connectivity index (χ1v) is 9.00. The van der Waals surface area contributed by atoms with Crippen molar-refractivity contribution >= 4 is 17.6 Å². The molecule has 0 spiro atoms. The van der Waals surface area contributed by atoms with Crippen LogP contribution in [0.1, 0.15) is 25.3 Å². The normalized spacial score (nSPS) is 17.3. The lowest BCUT2D eigenvalue weighted by atomic mass is 9.97. The van der Waals surface area contributed by atoms with Crippen molar-refractivity contribution in [2.45, 2.75) is 26.2 Å². The monoisotopic (exact) mass is 336 g/mol. The number of hydrogen-bond donors (Lipinski definition) is 2. The lowest BCUT2D eigenvalue weighted by Crippen LogP contribution is -2.39. The molecular formula is C18H29ClN4. The molecule has 5 heteroatoms. The van der Waals surface area contributed by atoms with Gasteiger partial charge in [0.2, 0.25) is 0 Å². The standard InChI is InChI=1S/C18H29ClN4/c1-3-20-18(22-14-16-8-11-23(2)12-9-16)21-10-7-15-5-4-6-17(19)13-15/h4-6,13,16H,3,7-12,14H2,1-2H3,(H2,20,21,22). The van der Waals surface area contributed by atoms with E-state index in [-0.39, 0.29) is 0 Å². The molecule has 23 heavy (non-hydrogen) atoms. The third-order valence-corrected chi connectivity index (χ3v) is 4.52. The maximum atomic E-state index is 6.02. The quantitative estimate of drug-likeness (QED) is 0.620. The average molecular weight is 337 g/mol. The van der Waals surface area contributed by atoms with Gasteiger partial charge in [-0.25, -0.2) is 0 Å². The second-order valence-corrected chi connectivity index (χ2v) is 6.71. The van der Waals surface area contributed by atoms with Crippen LogP contribution in [-0.4, -0.2) is 50.6 Å². The summed E-state index contributed by atoms with van der Waals surface area (Å²) in [4.78, 5) is 7.16. The molecule has 1 aromatic carbocycles. The molecule has 1 heterocycles. The van der Waals surface area contributed by atoms with Gasteiger partial charge >= 0.3 is 0 Å². The summed E-state index contributed by atoms with van der Waals surface area (Å²) in [6.07, 6.45) is 3.45. The summed E-state index contributed by atoms with van der Waals surface area (Å²) in [7, 11) is 2.20. The highest BCUT2D eigenvalue weighted by molar-refractivity contribution is 6.30. The fourth-order valence-electron chi connectivity index (χ4n) is 2.82. The molecule has 1 saturated heterocycles. The van der Waals surface area contributed by atoms with E-state index in [4.69, 9.17) is 16.6 Å². The summed E-state index contributed by atoms with van der Waals surface area (Å²) in [6.45, 7) is 7.15. The number of nitrogens with zero attached hydrogens (tertiary/aromatic N) is 2. The molecule has 0 radical (unpaired) electrons. The van der Waals surface area contributed by atoms with Crippen molar-refractivity contribution in [3.8, 4) is 0 Å². The number of aliphatic imine (C=N–C) groups is 1. The number of rotatable bonds is 6. The lowest BCUT2D eigenvalue weighted by molar-refractivity contribution is 0.223. The molecule has 0 amide bonds. The molecule has 0 saturated carbocycles. The molecule has 1 aliphatic rings. The first-order chi connectivity index (χ1) is 11.2. The van der Waals surface area contributed by atoms with E-state index in [9.17, 15) is 0 Å². The summed E-state index contributed by atoms with van der Waals surface area (Å²) >= 11 is 6.02. The molecule has 0 atom stereocenters. The van der Waals surface area contributed by atoms with Gasteiger partial charge in [-0.2, -0.15) is 0 Å². The van der Waals surface area contributed by atoms with E-state index in [2.05, 4.69) is 35.6 Å². The second kappa shape index (κ2) is 9.78. The second-order valence-electron chi connectivity index (χ2n) is 6.27. The lowest BCUT2D eigenvalue weighted by Gasteiger charge is -2.28. The molecule has 128 valence electrons. The van der Waals surface area contributed by atoms with Gasteiger partial charge < -0.3 is 15.5 Å². The largest absolute Gasteiger partial charge is 0.357 e. The van der Waals surface area contributed by atoms with Gasteiger partial charge in [0.05, 0.1) is 0 Å². The molecule has 0 bridgehead atoms. The molecule has 4 nitrogen and oxygen atoms in total. The van der Waals surface area contributed by atoms with Crippen molar-refractivity contribution in [1.29, 1.82) is 0 Å². The fourth-order valence-corrected chi connectivity index (χ4v) is 3.04. The number of benzene rings is 1. The van der Waals surface area contributed by atoms with Crippen molar-refractivity contribution < 1.29 is 0 Å².